The van der Waals surface area contributed by atoms with Crippen LogP contribution in [0.1, 0.15) is 48.4 Å². The molecule has 39 heavy (non-hydrogen) atoms. The van der Waals surface area contributed by atoms with E-state index >= 15 is 0 Å². The van der Waals surface area contributed by atoms with Crippen LogP contribution < -0.4 is 0 Å². The summed E-state index contributed by atoms with van der Waals surface area (Å²) in [5.41, 5.74) is 4.07. The predicted octanol–water partition coefficient (Wildman–Crippen LogP) is 6.85. The molecule has 5 heteroatoms. The fourth-order valence-electron chi connectivity index (χ4n) is 6.07. The molecule has 1 unspecified atom stereocenters. The van der Waals surface area contributed by atoms with Gasteiger partial charge in [-0.2, -0.15) is 4.31 Å². The van der Waals surface area contributed by atoms with Crippen LogP contribution in [0.15, 0.2) is 120 Å². The molecule has 0 radical (unpaired) electrons. The van der Waals surface area contributed by atoms with Gasteiger partial charge in [-0.15, -0.1) is 0 Å². The van der Waals surface area contributed by atoms with E-state index in [1.807, 2.05) is 19.1 Å². The van der Waals surface area contributed by atoms with Crippen molar-refractivity contribution in [1.29, 1.82) is 0 Å². The van der Waals surface area contributed by atoms with Gasteiger partial charge in [-0.25, -0.2) is 8.42 Å². The Labute approximate surface area is 234 Å². The van der Waals surface area contributed by atoms with Crippen LogP contribution in [-0.2, 0) is 15.6 Å². The van der Waals surface area contributed by atoms with Crippen LogP contribution in [0.5, 0.6) is 0 Å². The predicted molar refractivity (Wildman–Crippen MR) is 159 cm³/mol. The molecule has 0 aliphatic carbocycles. The average Bonchev–Trinajstić information content (AvgIpc) is 2.98. The van der Waals surface area contributed by atoms with Crippen LogP contribution in [-0.4, -0.2) is 43.3 Å². The van der Waals surface area contributed by atoms with Crippen molar-refractivity contribution < 1.29 is 8.42 Å². The molecule has 0 spiro atoms. The Morgan fingerprint density at radius 3 is 1.67 bits per heavy atom. The minimum absolute atomic E-state index is 0.125. The Balaban J connectivity index is 1.63. The minimum Gasteiger partial charge on any atom is -0.283 e. The zero-order valence-electron chi connectivity index (χ0n) is 22.9. The van der Waals surface area contributed by atoms with Crippen LogP contribution in [0.25, 0.3) is 0 Å². The molecule has 0 amide bonds. The summed E-state index contributed by atoms with van der Waals surface area (Å²) in [4.78, 5) is 2.90. The number of hydrogen-bond acceptors (Lipinski definition) is 3. The molecule has 202 valence electrons. The highest BCUT2D eigenvalue weighted by molar-refractivity contribution is 7.89. The van der Waals surface area contributed by atoms with E-state index in [0.29, 0.717) is 24.5 Å². The summed E-state index contributed by atoms with van der Waals surface area (Å²) in [5, 5.41) is 0. The van der Waals surface area contributed by atoms with Gasteiger partial charge in [-0.05, 0) is 42.2 Å². The topological polar surface area (TPSA) is 40.6 Å². The summed E-state index contributed by atoms with van der Waals surface area (Å²) in [6.07, 6.45) is 2.83. The molecule has 4 aromatic carbocycles. The number of hydrogen-bond donors (Lipinski definition) is 0. The number of sulfonamides is 1. The fourth-order valence-corrected chi connectivity index (χ4v) is 7.70. The lowest BCUT2D eigenvalue weighted by molar-refractivity contribution is 0.0666. The molecule has 4 aromatic rings. The first-order valence-electron chi connectivity index (χ1n) is 14.0. The molecule has 1 saturated heterocycles. The summed E-state index contributed by atoms with van der Waals surface area (Å²) in [7, 11) is -3.61. The lowest BCUT2D eigenvalue weighted by Crippen LogP contribution is -2.61. The SMILES string of the molecule is CCCCC1CN(C(c2ccccc2)(c2ccccc2)c2ccccc2)CCN1S(=O)(=O)c1ccc(C)cc1. The highest BCUT2D eigenvalue weighted by atomic mass is 32.2. The van der Waals surface area contributed by atoms with Crippen molar-refractivity contribution in [1.82, 2.24) is 9.21 Å². The number of benzene rings is 4. The maximum Gasteiger partial charge on any atom is 0.243 e. The molecule has 0 N–H and O–H groups in total. The summed E-state index contributed by atoms with van der Waals surface area (Å²) in [5.74, 6) is 0. The van der Waals surface area contributed by atoms with Crippen LogP contribution >= 0.6 is 0 Å². The van der Waals surface area contributed by atoms with E-state index in [0.717, 1.165) is 24.8 Å². The first-order valence-corrected chi connectivity index (χ1v) is 15.4. The van der Waals surface area contributed by atoms with E-state index in [4.69, 9.17) is 0 Å². The Morgan fingerprint density at radius 2 is 1.21 bits per heavy atom. The van der Waals surface area contributed by atoms with E-state index in [1.54, 1.807) is 16.4 Å². The summed E-state index contributed by atoms with van der Waals surface area (Å²) in [6.45, 7) is 5.85. The van der Waals surface area contributed by atoms with E-state index in [2.05, 4.69) is 103 Å². The number of piperazine rings is 1. The van der Waals surface area contributed by atoms with Gasteiger partial charge in [-0.3, -0.25) is 4.90 Å². The Kier molecular flexibility index (Phi) is 8.31. The monoisotopic (exact) mass is 538 g/mol. The summed E-state index contributed by atoms with van der Waals surface area (Å²) >= 11 is 0. The van der Waals surface area contributed by atoms with E-state index in [9.17, 15) is 8.42 Å². The van der Waals surface area contributed by atoms with Crippen molar-refractivity contribution in [3.8, 4) is 0 Å². The van der Waals surface area contributed by atoms with Crippen molar-refractivity contribution in [3.63, 3.8) is 0 Å². The van der Waals surface area contributed by atoms with E-state index in [-0.39, 0.29) is 6.04 Å². The second-order valence-corrected chi connectivity index (χ2v) is 12.4. The van der Waals surface area contributed by atoms with Crippen molar-refractivity contribution in [2.45, 2.75) is 49.6 Å². The largest absolute Gasteiger partial charge is 0.283 e. The molecule has 1 atom stereocenters. The Hall–Kier alpha value is -3.25. The Morgan fingerprint density at radius 1 is 0.718 bits per heavy atom. The third-order valence-electron chi connectivity index (χ3n) is 8.00. The molecule has 1 heterocycles. The highest BCUT2D eigenvalue weighted by Crippen LogP contribution is 2.44. The minimum atomic E-state index is -3.61. The fraction of sp³-hybridized carbons (Fsp3) is 0.294. The van der Waals surface area contributed by atoms with Crippen LogP contribution in [0.4, 0.5) is 0 Å². The third-order valence-corrected chi connectivity index (χ3v) is 9.96. The van der Waals surface area contributed by atoms with E-state index < -0.39 is 15.6 Å². The number of nitrogens with zero attached hydrogens (tertiary/aromatic N) is 2. The average molecular weight is 539 g/mol. The highest BCUT2D eigenvalue weighted by Gasteiger charge is 2.46. The molecular formula is C34H38N2O2S. The second kappa shape index (κ2) is 11.9. The standard InChI is InChI=1S/C34H38N2O2S/c1-3-4-20-32-27-35(25-26-36(32)39(37,38)33-23-21-28(2)22-24-33)34(29-14-8-5-9-15-29,30-16-10-6-11-17-30)31-18-12-7-13-19-31/h5-19,21-24,32H,3-4,20,25-27H2,1-2H3. The van der Waals surface area contributed by atoms with Gasteiger partial charge < -0.3 is 0 Å². The quantitative estimate of drug-likeness (QED) is 0.219. The molecule has 5 rings (SSSR count). The number of unbranched alkanes of at least 4 members (excludes halogenated alkanes) is 1. The molecule has 1 aliphatic heterocycles. The Bertz CT molecular complexity index is 1340. The van der Waals surface area contributed by atoms with Gasteiger partial charge in [0.25, 0.3) is 0 Å². The van der Waals surface area contributed by atoms with Gasteiger partial charge in [0.2, 0.25) is 10.0 Å². The van der Waals surface area contributed by atoms with Crippen molar-refractivity contribution in [2.24, 2.45) is 0 Å². The molecule has 0 saturated carbocycles. The number of aryl methyl sites for hydroxylation is 1. The molecule has 4 nitrogen and oxygen atoms in total. The zero-order valence-corrected chi connectivity index (χ0v) is 23.7. The zero-order chi connectivity index (χ0) is 27.3. The van der Waals surface area contributed by atoms with Gasteiger partial charge in [0.05, 0.1) is 10.4 Å². The van der Waals surface area contributed by atoms with Crippen molar-refractivity contribution in [3.05, 3.63) is 138 Å². The van der Waals surface area contributed by atoms with Gasteiger partial charge in [0.15, 0.2) is 0 Å². The molecule has 0 aromatic heterocycles. The van der Waals surface area contributed by atoms with Crippen LogP contribution in [0.3, 0.4) is 0 Å². The van der Waals surface area contributed by atoms with Gasteiger partial charge >= 0.3 is 0 Å². The molecular weight excluding hydrogens is 500 g/mol. The van der Waals surface area contributed by atoms with Gasteiger partial charge in [-0.1, -0.05) is 128 Å². The van der Waals surface area contributed by atoms with Crippen LogP contribution in [0, 0.1) is 6.92 Å². The molecule has 1 fully saturated rings. The summed E-state index contributed by atoms with van der Waals surface area (Å²) in [6, 6.07) is 39.1. The first-order chi connectivity index (χ1) is 19.0. The van der Waals surface area contributed by atoms with Gasteiger partial charge in [0.1, 0.15) is 0 Å². The lowest BCUT2D eigenvalue weighted by atomic mass is 9.75. The molecule has 1 aliphatic rings. The van der Waals surface area contributed by atoms with E-state index in [1.165, 1.54) is 16.7 Å². The second-order valence-electron chi connectivity index (χ2n) is 10.5. The first kappa shape index (κ1) is 27.3. The van der Waals surface area contributed by atoms with Crippen molar-refractivity contribution in [2.75, 3.05) is 19.6 Å². The number of rotatable bonds is 9. The maximum absolute atomic E-state index is 13.9. The molecule has 0 bridgehead atoms. The van der Waals surface area contributed by atoms with Crippen molar-refractivity contribution >= 4 is 10.0 Å². The lowest BCUT2D eigenvalue weighted by Gasteiger charge is -2.51. The smallest absolute Gasteiger partial charge is 0.243 e. The van der Waals surface area contributed by atoms with Crippen LogP contribution in [0.2, 0.25) is 0 Å². The normalized spacial score (nSPS) is 17.2. The summed E-state index contributed by atoms with van der Waals surface area (Å²) < 4.78 is 29.7. The third kappa shape index (κ3) is 5.31. The maximum atomic E-state index is 13.9. The van der Waals surface area contributed by atoms with Gasteiger partial charge in [0, 0.05) is 25.7 Å².